The smallest absolute Gasteiger partial charge is 0.265 e. The normalized spacial score (nSPS) is 10.7. The Hall–Kier alpha value is -1.48. The van der Waals surface area contributed by atoms with E-state index < -0.39 is 5.91 Å². The third kappa shape index (κ3) is 1.26. The van der Waals surface area contributed by atoms with Gasteiger partial charge in [0.05, 0.1) is 0 Å². The van der Waals surface area contributed by atoms with Gasteiger partial charge in [-0.3, -0.25) is 4.79 Å². The standard InChI is InChI=1S/C10H9ClN2O/c1-13-8-5-7(11)3-2-6(8)4-9(13)10(12)14/h2-5H,1H3,(H2,12,14). The molecule has 0 atom stereocenters. The molecule has 1 heterocycles. The summed E-state index contributed by atoms with van der Waals surface area (Å²) < 4.78 is 1.74. The largest absolute Gasteiger partial charge is 0.364 e. The van der Waals surface area contributed by atoms with Crippen molar-refractivity contribution in [1.29, 1.82) is 0 Å². The minimum Gasteiger partial charge on any atom is -0.364 e. The zero-order valence-corrected chi connectivity index (χ0v) is 8.38. The van der Waals surface area contributed by atoms with Crippen LogP contribution in [-0.2, 0) is 7.05 Å². The number of rotatable bonds is 1. The van der Waals surface area contributed by atoms with Gasteiger partial charge < -0.3 is 10.3 Å². The van der Waals surface area contributed by atoms with Gasteiger partial charge in [-0.1, -0.05) is 17.7 Å². The molecule has 0 aliphatic carbocycles. The van der Waals surface area contributed by atoms with Crippen LogP contribution in [0.15, 0.2) is 24.3 Å². The zero-order chi connectivity index (χ0) is 10.3. The van der Waals surface area contributed by atoms with Crippen LogP contribution in [0.1, 0.15) is 10.5 Å². The molecule has 3 nitrogen and oxygen atoms in total. The lowest BCUT2D eigenvalue weighted by atomic mass is 10.2. The van der Waals surface area contributed by atoms with E-state index in [1.54, 1.807) is 23.7 Å². The van der Waals surface area contributed by atoms with Crippen LogP contribution in [0.3, 0.4) is 0 Å². The van der Waals surface area contributed by atoms with Crippen molar-refractivity contribution in [2.24, 2.45) is 12.8 Å². The average Bonchev–Trinajstić information content (AvgIpc) is 2.44. The van der Waals surface area contributed by atoms with Crippen molar-refractivity contribution in [3.63, 3.8) is 0 Å². The number of nitrogens with two attached hydrogens (primary N) is 1. The van der Waals surface area contributed by atoms with Gasteiger partial charge in [0.15, 0.2) is 0 Å². The predicted octanol–water partition coefficient (Wildman–Crippen LogP) is 1.93. The fraction of sp³-hybridized carbons (Fsp3) is 0.100. The maximum Gasteiger partial charge on any atom is 0.265 e. The van der Waals surface area contributed by atoms with Crippen LogP contribution in [0.2, 0.25) is 5.02 Å². The Kier molecular flexibility index (Phi) is 1.97. The number of aryl methyl sites for hydroxylation is 1. The molecule has 0 saturated heterocycles. The maximum atomic E-state index is 11.0. The van der Waals surface area contributed by atoms with Crippen molar-refractivity contribution in [3.8, 4) is 0 Å². The van der Waals surface area contributed by atoms with Crippen LogP contribution in [0, 0.1) is 0 Å². The molecule has 0 unspecified atom stereocenters. The summed E-state index contributed by atoms with van der Waals surface area (Å²) in [5.74, 6) is -0.431. The van der Waals surface area contributed by atoms with Gasteiger partial charge in [0, 0.05) is 23.0 Å². The van der Waals surface area contributed by atoms with Gasteiger partial charge in [0.1, 0.15) is 5.69 Å². The van der Waals surface area contributed by atoms with Gasteiger partial charge in [-0.15, -0.1) is 0 Å². The molecule has 0 bridgehead atoms. The second kappa shape index (κ2) is 3.03. The van der Waals surface area contributed by atoms with E-state index in [-0.39, 0.29) is 0 Å². The van der Waals surface area contributed by atoms with E-state index in [2.05, 4.69) is 0 Å². The second-order valence-corrected chi connectivity index (χ2v) is 3.59. The number of aromatic nitrogens is 1. The van der Waals surface area contributed by atoms with Crippen molar-refractivity contribution < 1.29 is 4.79 Å². The third-order valence-electron chi connectivity index (χ3n) is 2.26. The first-order valence-corrected chi connectivity index (χ1v) is 4.52. The highest BCUT2D eigenvalue weighted by Crippen LogP contribution is 2.22. The predicted molar refractivity (Wildman–Crippen MR) is 56.4 cm³/mol. The molecule has 2 N–H and O–H groups in total. The van der Waals surface area contributed by atoms with Crippen LogP contribution in [-0.4, -0.2) is 10.5 Å². The van der Waals surface area contributed by atoms with E-state index >= 15 is 0 Å². The first-order valence-electron chi connectivity index (χ1n) is 4.14. The van der Waals surface area contributed by atoms with Crippen LogP contribution in [0.25, 0.3) is 10.9 Å². The monoisotopic (exact) mass is 208 g/mol. The SMILES string of the molecule is Cn1c(C(N)=O)cc2ccc(Cl)cc21. The number of nitrogens with zero attached hydrogens (tertiary/aromatic N) is 1. The molecular formula is C10H9ClN2O. The van der Waals surface area contributed by atoms with Crippen molar-refractivity contribution in [3.05, 3.63) is 35.0 Å². The number of hydrogen-bond donors (Lipinski definition) is 1. The summed E-state index contributed by atoms with van der Waals surface area (Å²) in [6.45, 7) is 0. The first-order chi connectivity index (χ1) is 6.59. The lowest BCUT2D eigenvalue weighted by Gasteiger charge is -1.99. The van der Waals surface area contributed by atoms with Gasteiger partial charge >= 0.3 is 0 Å². The van der Waals surface area contributed by atoms with E-state index in [0.717, 1.165) is 10.9 Å². The van der Waals surface area contributed by atoms with Crippen molar-refractivity contribution >= 4 is 28.4 Å². The fourth-order valence-electron chi connectivity index (χ4n) is 1.54. The Labute approximate surface area is 86.1 Å². The number of halogens is 1. The van der Waals surface area contributed by atoms with Crippen LogP contribution < -0.4 is 5.73 Å². The van der Waals surface area contributed by atoms with Gasteiger partial charge in [0.2, 0.25) is 0 Å². The number of benzene rings is 1. The van der Waals surface area contributed by atoms with Crippen molar-refractivity contribution in [1.82, 2.24) is 4.57 Å². The second-order valence-electron chi connectivity index (χ2n) is 3.16. The Bertz CT molecular complexity index is 516. The Morgan fingerprint density at radius 2 is 2.14 bits per heavy atom. The van der Waals surface area contributed by atoms with Crippen LogP contribution in [0.4, 0.5) is 0 Å². The maximum absolute atomic E-state index is 11.0. The highest BCUT2D eigenvalue weighted by Gasteiger charge is 2.09. The highest BCUT2D eigenvalue weighted by molar-refractivity contribution is 6.31. The molecule has 2 rings (SSSR count). The molecule has 0 spiro atoms. The number of carbonyl (C=O) groups excluding carboxylic acids is 1. The average molecular weight is 209 g/mol. The molecule has 1 amide bonds. The minimum absolute atomic E-state index is 0.431. The Morgan fingerprint density at radius 1 is 1.43 bits per heavy atom. The van der Waals surface area contributed by atoms with E-state index in [9.17, 15) is 4.79 Å². The van der Waals surface area contributed by atoms with Gasteiger partial charge in [-0.05, 0) is 18.2 Å². The molecule has 0 radical (unpaired) electrons. The summed E-state index contributed by atoms with van der Waals surface area (Å²) in [5, 5.41) is 1.61. The van der Waals surface area contributed by atoms with Crippen molar-refractivity contribution in [2.45, 2.75) is 0 Å². The number of fused-ring (bicyclic) bond motifs is 1. The van der Waals surface area contributed by atoms with E-state index in [1.807, 2.05) is 12.1 Å². The molecule has 0 aliphatic rings. The zero-order valence-electron chi connectivity index (χ0n) is 7.62. The van der Waals surface area contributed by atoms with Crippen LogP contribution in [0.5, 0.6) is 0 Å². The van der Waals surface area contributed by atoms with Crippen molar-refractivity contribution in [2.75, 3.05) is 0 Å². The Balaban J connectivity index is 2.80. The highest BCUT2D eigenvalue weighted by atomic mass is 35.5. The van der Waals surface area contributed by atoms with Gasteiger partial charge in [0.25, 0.3) is 5.91 Å². The summed E-state index contributed by atoms with van der Waals surface area (Å²) in [5.41, 5.74) is 6.62. The molecule has 0 saturated carbocycles. The van der Waals surface area contributed by atoms with Gasteiger partial charge in [-0.2, -0.15) is 0 Å². The molecular weight excluding hydrogens is 200 g/mol. The van der Waals surface area contributed by atoms with E-state index in [0.29, 0.717) is 10.7 Å². The topological polar surface area (TPSA) is 48.0 Å². The fourth-order valence-corrected chi connectivity index (χ4v) is 1.71. The minimum atomic E-state index is -0.431. The molecule has 0 fully saturated rings. The summed E-state index contributed by atoms with van der Waals surface area (Å²) in [4.78, 5) is 11.0. The quantitative estimate of drug-likeness (QED) is 0.765. The Morgan fingerprint density at radius 3 is 2.79 bits per heavy atom. The third-order valence-corrected chi connectivity index (χ3v) is 2.49. The number of carbonyl (C=O) groups is 1. The lowest BCUT2D eigenvalue weighted by molar-refractivity contribution is 0.0993. The summed E-state index contributed by atoms with van der Waals surface area (Å²) in [6.07, 6.45) is 0. The molecule has 72 valence electrons. The number of amides is 1. The lowest BCUT2D eigenvalue weighted by Crippen LogP contribution is -2.14. The molecule has 1 aromatic carbocycles. The molecule has 4 heteroatoms. The summed E-state index contributed by atoms with van der Waals surface area (Å²) in [6, 6.07) is 7.22. The molecule has 0 aliphatic heterocycles. The number of hydrogen-bond acceptors (Lipinski definition) is 1. The van der Waals surface area contributed by atoms with E-state index in [1.165, 1.54) is 0 Å². The summed E-state index contributed by atoms with van der Waals surface area (Å²) in [7, 11) is 1.79. The molecule has 14 heavy (non-hydrogen) atoms. The number of primary amides is 1. The van der Waals surface area contributed by atoms with Gasteiger partial charge in [-0.25, -0.2) is 0 Å². The first kappa shape index (κ1) is 9.09. The molecule has 1 aromatic heterocycles. The molecule has 2 aromatic rings. The van der Waals surface area contributed by atoms with Crippen LogP contribution >= 0.6 is 11.6 Å². The van der Waals surface area contributed by atoms with E-state index in [4.69, 9.17) is 17.3 Å². The summed E-state index contributed by atoms with van der Waals surface area (Å²) >= 11 is 5.85.